The number of aliphatic hydroxyl groups excluding tert-OH is 1. The third-order valence-corrected chi connectivity index (χ3v) is 5.36. The molecule has 154 valence electrons. The zero-order valence-corrected chi connectivity index (χ0v) is 16.4. The normalized spacial score (nSPS) is 20.1. The molecule has 1 aromatic heterocycles. The number of rotatable bonds is 7. The first-order valence-corrected chi connectivity index (χ1v) is 10.1. The summed E-state index contributed by atoms with van der Waals surface area (Å²) in [5, 5.41) is 16.4. The molecule has 8 heteroatoms. The molecule has 29 heavy (non-hydrogen) atoms. The second-order valence-corrected chi connectivity index (χ2v) is 7.61. The first-order valence-electron chi connectivity index (χ1n) is 10.1. The molecule has 2 aromatic rings. The lowest BCUT2D eigenvalue weighted by atomic mass is 10.00. The molecule has 0 unspecified atom stereocenters. The summed E-state index contributed by atoms with van der Waals surface area (Å²) in [4.78, 5) is 22.8. The number of aromatic nitrogens is 2. The Bertz CT molecular complexity index is 841. The number of hydrogen-bond donors (Lipinski definition) is 3. The van der Waals surface area contributed by atoms with Gasteiger partial charge in [-0.15, -0.1) is 0 Å². The van der Waals surface area contributed by atoms with E-state index in [-0.39, 0.29) is 24.2 Å². The third-order valence-electron chi connectivity index (χ3n) is 5.36. The average Bonchev–Trinajstić information content (AvgIpc) is 3.25. The molecule has 1 fully saturated rings. The summed E-state index contributed by atoms with van der Waals surface area (Å²) in [6.45, 7) is 3.81. The standard InChI is InChI=1S/C21H27N5O3/c27-18(12-26-7-5-15-3-1-2-4-16(15)11-26)10-22-21(28)19-9-20(24-14-23-19)25-17-6-8-29-13-17/h1-4,9,14,17-18,27H,5-8,10-13H2,(H,22,28)(H,23,24,25)/t17-,18-/m0/s1. The van der Waals surface area contributed by atoms with Crippen molar-refractivity contribution in [2.75, 3.05) is 38.2 Å². The van der Waals surface area contributed by atoms with Crippen LogP contribution in [0, 0.1) is 0 Å². The van der Waals surface area contributed by atoms with Gasteiger partial charge in [-0.05, 0) is 24.0 Å². The zero-order valence-electron chi connectivity index (χ0n) is 16.4. The van der Waals surface area contributed by atoms with Crippen molar-refractivity contribution in [2.45, 2.75) is 31.5 Å². The zero-order chi connectivity index (χ0) is 20.1. The summed E-state index contributed by atoms with van der Waals surface area (Å²) < 4.78 is 5.34. The fourth-order valence-electron chi connectivity index (χ4n) is 3.79. The van der Waals surface area contributed by atoms with E-state index >= 15 is 0 Å². The van der Waals surface area contributed by atoms with E-state index in [0.29, 0.717) is 19.0 Å². The fourth-order valence-corrected chi connectivity index (χ4v) is 3.79. The molecule has 1 aromatic carbocycles. The summed E-state index contributed by atoms with van der Waals surface area (Å²) in [7, 11) is 0. The minimum Gasteiger partial charge on any atom is -0.390 e. The molecule has 3 heterocycles. The molecule has 3 N–H and O–H groups in total. The molecule has 0 spiro atoms. The van der Waals surface area contributed by atoms with Gasteiger partial charge in [0.25, 0.3) is 5.91 Å². The SMILES string of the molecule is O=C(NC[C@H](O)CN1CCc2ccccc2C1)c1cc(N[C@H]2CCOC2)ncn1. The molecular weight excluding hydrogens is 370 g/mol. The largest absolute Gasteiger partial charge is 0.390 e. The minimum atomic E-state index is -0.640. The van der Waals surface area contributed by atoms with Gasteiger partial charge < -0.3 is 20.5 Å². The first kappa shape index (κ1) is 19.8. The van der Waals surface area contributed by atoms with Crippen LogP contribution in [0.3, 0.4) is 0 Å². The van der Waals surface area contributed by atoms with E-state index in [9.17, 15) is 9.90 Å². The van der Waals surface area contributed by atoms with Crippen LogP contribution in [0.15, 0.2) is 36.7 Å². The van der Waals surface area contributed by atoms with Crippen LogP contribution in [0.5, 0.6) is 0 Å². The number of ether oxygens (including phenoxy) is 1. The number of nitrogens with one attached hydrogen (secondary N) is 2. The smallest absolute Gasteiger partial charge is 0.270 e. The van der Waals surface area contributed by atoms with Crippen LogP contribution >= 0.6 is 0 Å². The van der Waals surface area contributed by atoms with Gasteiger partial charge in [-0.25, -0.2) is 9.97 Å². The van der Waals surface area contributed by atoms with Crippen molar-refractivity contribution >= 4 is 11.7 Å². The van der Waals surface area contributed by atoms with E-state index < -0.39 is 6.10 Å². The van der Waals surface area contributed by atoms with Gasteiger partial charge in [-0.1, -0.05) is 24.3 Å². The number of carbonyl (C=O) groups excluding carboxylic acids is 1. The molecular formula is C21H27N5O3. The minimum absolute atomic E-state index is 0.181. The molecule has 1 amide bonds. The van der Waals surface area contributed by atoms with Gasteiger partial charge >= 0.3 is 0 Å². The Morgan fingerprint density at radius 3 is 3.00 bits per heavy atom. The molecule has 1 saturated heterocycles. The highest BCUT2D eigenvalue weighted by molar-refractivity contribution is 5.92. The predicted molar refractivity (Wildman–Crippen MR) is 109 cm³/mol. The summed E-state index contributed by atoms with van der Waals surface area (Å²) in [5.41, 5.74) is 2.97. The van der Waals surface area contributed by atoms with Crippen LogP contribution in [0.1, 0.15) is 28.0 Å². The number of carbonyl (C=O) groups is 1. The van der Waals surface area contributed by atoms with Crippen molar-refractivity contribution in [3.63, 3.8) is 0 Å². The topological polar surface area (TPSA) is 99.6 Å². The highest BCUT2D eigenvalue weighted by Crippen LogP contribution is 2.18. The maximum Gasteiger partial charge on any atom is 0.270 e. The summed E-state index contributed by atoms with van der Waals surface area (Å²) in [5.74, 6) is 0.286. The number of nitrogens with zero attached hydrogens (tertiary/aromatic N) is 3. The summed E-state index contributed by atoms with van der Waals surface area (Å²) in [6, 6.07) is 10.2. The molecule has 0 saturated carbocycles. The number of β-amino-alcohol motifs (C(OH)–C–C–N with tert-alkyl or cyclic N) is 1. The second kappa shape index (κ2) is 9.30. The van der Waals surface area contributed by atoms with E-state index in [1.54, 1.807) is 6.07 Å². The lowest BCUT2D eigenvalue weighted by molar-refractivity contribution is 0.0838. The highest BCUT2D eigenvalue weighted by atomic mass is 16.5. The van der Waals surface area contributed by atoms with E-state index in [1.807, 2.05) is 6.07 Å². The van der Waals surface area contributed by atoms with Gasteiger partial charge in [0.1, 0.15) is 17.8 Å². The van der Waals surface area contributed by atoms with Crippen LogP contribution in [0.25, 0.3) is 0 Å². The second-order valence-electron chi connectivity index (χ2n) is 7.61. The van der Waals surface area contributed by atoms with Crippen LogP contribution in [-0.2, 0) is 17.7 Å². The van der Waals surface area contributed by atoms with E-state index in [4.69, 9.17) is 4.74 Å². The molecule has 2 aliphatic heterocycles. The Labute approximate surface area is 170 Å². The van der Waals surface area contributed by atoms with E-state index in [0.717, 1.165) is 32.5 Å². The van der Waals surface area contributed by atoms with Crippen LogP contribution in [0.2, 0.25) is 0 Å². The number of hydrogen-bond acceptors (Lipinski definition) is 7. The Hall–Kier alpha value is -2.55. The molecule has 0 radical (unpaired) electrons. The van der Waals surface area contributed by atoms with Gasteiger partial charge in [0.15, 0.2) is 0 Å². The summed E-state index contributed by atoms with van der Waals surface area (Å²) in [6.07, 6.45) is 2.63. The number of amides is 1. The van der Waals surface area contributed by atoms with Crippen molar-refractivity contribution in [3.05, 3.63) is 53.5 Å². The summed E-state index contributed by atoms with van der Waals surface area (Å²) >= 11 is 0. The molecule has 2 aliphatic rings. The molecule has 0 bridgehead atoms. The van der Waals surface area contributed by atoms with Crippen molar-refractivity contribution in [1.82, 2.24) is 20.2 Å². The third kappa shape index (κ3) is 5.29. The Morgan fingerprint density at radius 1 is 1.31 bits per heavy atom. The van der Waals surface area contributed by atoms with E-state index in [1.165, 1.54) is 17.5 Å². The van der Waals surface area contributed by atoms with Crippen LogP contribution in [-0.4, -0.2) is 70.9 Å². The highest BCUT2D eigenvalue weighted by Gasteiger charge is 2.20. The number of aliphatic hydroxyl groups is 1. The maximum absolute atomic E-state index is 12.4. The molecule has 2 atom stereocenters. The van der Waals surface area contributed by atoms with Crippen molar-refractivity contribution in [1.29, 1.82) is 0 Å². The van der Waals surface area contributed by atoms with Crippen molar-refractivity contribution < 1.29 is 14.6 Å². The first-order chi connectivity index (χ1) is 14.2. The Kier molecular flexibility index (Phi) is 6.33. The fraction of sp³-hybridized carbons (Fsp3) is 0.476. The lowest BCUT2D eigenvalue weighted by Crippen LogP contribution is -2.42. The predicted octanol–water partition coefficient (Wildman–Crippen LogP) is 0.826. The number of fused-ring (bicyclic) bond motifs is 1. The molecule has 4 rings (SSSR count). The number of anilines is 1. The molecule has 8 nitrogen and oxygen atoms in total. The Balaban J connectivity index is 1.25. The average molecular weight is 397 g/mol. The monoisotopic (exact) mass is 397 g/mol. The van der Waals surface area contributed by atoms with Crippen LogP contribution in [0.4, 0.5) is 5.82 Å². The van der Waals surface area contributed by atoms with Gasteiger partial charge in [-0.2, -0.15) is 0 Å². The van der Waals surface area contributed by atoms with Gasteiger partial charge in [-0.3, -0.25) is 9.69 Å². The van der Waals surface area contributed by atoms with E-state index in [2.05, 4.69) is 43.7 Å². The van der Waals surface area contributed by atoms with Crippen molar-refractivity contribution in [3.8, 4) is 0 Å². The maximum atomic E-state index is 12.4. The van der Waals surface area contributed by atoms with Gasteiger partial charge in [0, 0.05) is 38.9 Å². The molecule has 0 aliphatic carbocycles. The quantitative estimate of drug-likeness (QED) is 0.636. The van der Waals surface area contributed by atoms with Gasteiger partial charge in [0.2, 0.25) is 0 Å². The van der Waals surface area contributed by atoms with Crippen LogP contribution < -0.4 is 10.6 Å². The lowest BCUT2D eigenvalue weighted by Gasteiger charge is -2.30. The van der Waals surface area contributed by atoms with Gasteiger partial charge in [0.05, 0.1) is 18.8 Å². The van der Waals surface area contributed by atoms with Crippen molar-refractivity contribution in [2.24, 2.45) is 0 Å². The number of benzene rings is 1. The Morgan fingerprint density at radius 2 is 2.17 bits per heavy atom.